The van der Waals surface area contributed by atoms with Gasteiger partial charge in [0, 0.05) is 19.0 Å². The number of carbonyl (C=O) groups is 1. The predicted molar refractivity (Wildman–Crippen MR) is 39.7 cm³/mol. The molecule has 0 spiro atoms. The molecular weight excluding hydrogens is 128 g/mol. The summed E-state index contributed by atoms with van der Waals surface area (Å²) < 4.78 is 0. The Hall–Kier alpha value is -0.570. The fourth-order valence-electron chi connectivity index (χ4n) is 0.885. The monoisotopic (exact) mass is 142 g/mol. The molecule has 0 aromatic heterocycles. The van der Waals surface area contributed by atoms with Crippen LogP contribution in [0.3, 0.4) is 0 Å². The highest BCUT2D eigenvalue weighted by Gasteiger charge is 2.15. The van der Waals surface area contributed by atoms with Crippen LogP contribution >= 0.6 is 0 Å². The van der Waals surface area contributed by atoms with E-state index < -0.39 is 0 Å². The van der Waals surface area contributed by atoms with Crippen LogP contribution in [0.1, 0.15) is 19.8 Å². The molecule has 1 rings (SSSR count). The first-order valence-electron chi connectivity index (χ1n) is 3.83. The molecule has 1 atom stereocenters. The Bertz CT molecular complexity index is 121. The summed E-state index contributed by atoms with van der Waals surface area (Å²) in [5.74, 6) is 0.147. The van der Waals surface area contributed by atoms with Crippen LogP contribution in [0.25, 0.3) is 0 Å². The first-order valence-corrected chi connectivity index (χ1v) is 3.83. The molecule has 0 aliphatic carbocycles. The second-order valence-electron chi connectivity index (χ2n) is 2.60. The molecule has 1 heterocycles. The molecule has 0 bridgehead atoms. The highest BCUT2D eigenvalue weighted by molar-refractivity contribution is 5.75. The summed E-state index contributed by atoms with van der Waals surface area (Å²) in [5, 5.41) is 6.04. The van der Waals surface area contributed by atoms with Gasteiger partial charge in [-0.25, -0.2) is 0 Å². The van der Waals surface area contributed by atoms with Gasteiger partial charge in [-0.2, -0.15) is 0 Å². The van der Waals surface area contributed by atoms with Crippen molar-refractivity contribution in [2.75, 3.05) is 13.1 Å². The molecule has 10 heavy (non-hydrogen) atoms. The Morgan fingerprint density at radius 3 is 2.90 bits per heavy atom. The molecule has 0 aromatic carbocycles. The smallest absolute Gasteiger partial charge is 0.219 e. The van der Waals surface area contributed by atoms with E-state index in [1.165, 1.54) is 6.42 Å². The molecule has 1 amide bonds. The zero-order valence-electron chi connectivity index (χ0n) is 6.31. The molecule has 0 aromatic rings. The first kappa shape index (κ1) is 7.54. The third-order valence-electron chi connectivity index (χ3n) is 1.79. The van der Waals surface area contributed by atoms with E-state index in [1.54, 1.807) is 0 Å². The molecule has 1 unspecified atom stereocenters. The normalized spacial score (nSPS) is 23.5. The van der Waals surface area contributed by atoms with Gasteiger partial charge >= 0.3 is 0 Å². The lowest BCUT2D eigenvalue weighted by atomic mass is 10.1. The minimum absolute atomic E-state index is 0.147. The second-order valence-corrected chi connectivity index (χ2v) is 2.60. The Kier molecular flexibility index (Phi) is 2.68. The number of nitrogens with one attached hydrogen (secondary N) is 2. The van der Waals surface area contributed by atoms with E-state index in [1.807, 2.05) is 6.92 Å². The zero-order chi connectivity index (χ0) is 7.40. The van der Waals surface area contributed by atoms with Crippen LogP contribution in [0, 0.1) is 0 Å². The third kappa shape index (κ3) is 1.99. The van der Waals surface area contributed by atoms with Gasteiger partial charge in [0.2, 0.25) is 5.91 Å². The van der Waals surface area contributed by atoms with Crippen molar-refractivity contribution < 1.29 is 4.79 Å². The molecule has 1 saturated heterocycles. The molecule has 1 aliphatic rings. The molecule has 2 N–H and O–H groups in total. The van der Waals surface area contributed by atoms with E-state index in [2.05, 4.69) is 10.6 Å². The standard InChI is InChI=1S/C7H14N2O/c1-2-7(10)9-5-6-3-4-8-6/h6,8H,2-5H2,1H3,(H,9,10). The number of rotatable bonds is 3. The molecular formula is C7H14N2O. The van der Waals surface area contributed by atoms with Crippen LogP contribution in [0.15, 0.2) is 0 Å². The number of carbonyl (C=O) groups excluding carboxylic acids is 1. The van der Waals surface area contributed by atoms with Crippen LogP contribution in [-0.4, -0.2) is 25.0 Å². The topological polar surface area (TPSA) is 41.1 Å². The summed E-state index contributed by atoms with van der Waals surface area (Å²) >= 11 is 0. The lowest BCUT2D eigenvalue weighted by Gasteiger charge is -2.27. The van der Waals surface area contributed by atoms with Crippen molar-refractivity contribution in [1.82, 2.24) is 10.6 Å². The molecule has 3 nitrogen and oxygen atoms in total. The third-order valence-corrected chi connectivity index (χ3v) is 1.79. The Morgan fingerprint density at radius 2 is 2.50 bits per heavy atom. The van der Waals surface area contributed by atoms with Crippen LogP contribution < -0.4 is 10.6 Å². The van der Waals surface area contributed by atoms with Gasteiger partial charge < -0.3 is 10.6 Å². The Morgan fingerprint density at radius 1 is 1.80 bits per heavy atom. The SMILES string of the molecule is CCC(=O)NCC1CCN1. The number of hydrogen-bond donors (Lipinski definition) is 2. The second kappa shape index (κ2) is 3.56. The maximum atomic E-state index is 10.7. The lowest BCUT2D eigenvalue weighted by Crippen LogP contribution is -2.50. The van der Waals surface area contributed by atoms with Crippen molar-refractivity contribution in [1.29, 1.82) is 0 Å². The van der Waals surface area contributed by atoms with E-state index in [-0.39, 0.29) is 5.91 Å². The van der Waals surface area contributed by atoms with Gasteiger partial charge in [0.15, 0.2) is 0 Å². The van der Waals surface area contributed by atoms with Crippen LogP contribution in [0.4, 0.5) is 0 Å². The summed E-state index contributed by atoms with van der Waals surface area (Å²) in [7, 11) is 0. The van der Waals surface area contributed by atoms with E-state index >= 15 is 0 Å². The quantitative estimate of drug-likeness (QED) is 0.576. The van der Waals surface area contributed by atoms with Crippen molar-refractivity contribution in [3.63, 3.8) is 0 Å². The summed E-state index contributed by atoms with van der Waals surface area (Å²) in [6.45, 7) is 3.77. The molecule has 0 saturated carbocycles. The highest BCUT2D eigenvalue weighted by Crippen LogP contribution is 1.98. The van der Waals surface area contributed by atoms with Crippen LogP contribution in [0.2, 0.25) is 0 Å². The van der Waals surface area contributed by atoms with Gasteiger partial charge in [0.1, 0.15) is 0 Å². The number of hydrogen-bond acceptors (Lipinski definition) is 2. The van der Waals surface area contributed by atoms with Crippen LogP contribution in [-0.2, 0) is 4.79 Å². The van der Waals surface area contributed by atoms with E-state index in [0.717, 1.165) is 13.1 Å². The maximum Gasteiger partial charge on any atom is 0.219 e. The van der Waals surface area contributed by atoms with Crippen molar-refractivity contribution >= 4 is 5.91 Å². The molecule has 1 fully saturated rings. The van der Waals surface area contributed by atoms with Crippen molar-refractivity contribution in [3.8, 4) is 0 Å². The van der Waals surface area contributed by atoms with E-state index in [0.29, 0.717) is 12.5 Å². The van der Waals surface area contributed by atoms with E-state index in [9.17, 15) is 4.79 Å². The minimum atomic E-state index is 0.147. The van der Waals surface area contributed by atoms with Gasteiger partial charge in [-0.05, 0) is 13.0 Å². The Balaban J connectivity index is 1.98. The van der Waals surface area contributed by atoms with E-state index in [4.69, 9.17) is 0 Å². The fraction of sp³-hybridized carbons (Fsp3) is 0.857. The molecule has 0 radical (unpaired) electrons. The highest BCUT2D eigenvalue weighted by atomic mass is 16.1. The summed E-state index contributed by atoms with van der Waals surface area (Å²) in [4.78, 5) is 10.7. The summed E-state index contributed by atoms with van der Waals surface area (Å²) in [6, 6.07) is 0.537. The van der Waals surface area contributed by atoms with Crippen molar-refractivity contribution in [2.24, 2.45) is 0 Å². The van der Waals surface area contributed by atoms with Gasteiger partial charge in [-0.15, -0.1) is 0 Å². The average molecular weight is 142 g/mol. The Labute approximate surface area is 61.2 Å². The molecule has 3 heteroatoms. The molecule has 1 aliphatic heterocycles. The van der Waals surface area contributed by atoms with Gasteiger partial charge in [-0.3, -0.25) is 4.79 Å². The lowest BCUT2D eigenvalue weighted by molar-refractivity contribution is -0.120. The van der Waals surface area contributed by atoms with Crippen molar-refractivity contribution in [2.45, 2.75) is 25.8 Å². The molecule has 58 valence electrons. The predicted octanol–water partition coefficient (Wildman–Crippen LogP) is -0.126. The average Bonchev–Trinajstić information content (AvgIpc) is 1.84. The van der Waals surface area contributed by atoms with Gasteiger partial charge in [-0.1, -0.05) is 6.92 Å². The summed E-state index contributed by atoms with van der Waals surface area (Å²) in [5.41, 5.74) is 0. The van der Waals surface area contributed by atoms with Gasteiger partial charge in [0.25, 0.3) is 0 Å². The van der Waals surface area contributed by atoms with Crippen LogP contribution in [0.5, 0.6) is 0 Å². The maximum absolute atomic E-state index is 10.7. The van der Waals surface area contributed by atoms with Gasteiger partial charge in [0.05, 0.1) is 0 Å². The first-order chi connectivity index (χ1) is 4.83. The van der Waals surface area contributed by atoms with Crippen molar-refractivity contribution in [3.05, 3.63) is 0 Å². The fourth-order valence-corrected chi connectivity index (χ4v) is 0.885. The largest absolute Gasteiger partial charge is 0.355 e. The summed E-state index contributed by atoms with van der Waals surface area (Å²) in [6.07, 6.45) is 1.79. The minimum Gasteiger partial charge on any atom is -0.355 e. The zero-order valence-corrected chi connectivity index (χ0v) is 6.31. The number of amides is 1.